The second-order valence-corrected chi connectivity index (χ2v) is 8.46. The van der Waals surface area contributed by atoms with Crippen molar-refractivity contribution < 1.29 is 9.53 Å². The molecule has 0 saturated carbocycles. The van der Waals surface area contributed by atoms with Crippen LogP contribution in [0.25, 0.3) is 0 Å². The van der Waals surface area contributed by atoms with Crippen LogP contribution < -0.4 is 4.74 Å². The number of ether oxygens (including phenoxy) is 1. The van der Waals surface area contributed by atoms with E-state index in [2.05, 4.69) is 23.6 Å². The third kappa shape index (κ3) is 3.89. The summed E-state index contributed by atoms with van der Waals surface area (Å²) in [6.45, 7) is 0.762. The summed E-state index contributed by atoms with van der Waals surface area (Å²) in [6, 6.07) is 20.3. The standard InChI is InChI=1S/C22H21NO2S2/c1-25-17-9-7-16(8-10-17)22-19-12-14-26-20(19)11-13-23(22)21(24)15-27-18-5-3-2-4-6-18/h2-10,12,14,22H,11,13,15H2,1H3. The van der Waals surface area contributed by atoms with Gasteiger partial charge in [0.05, 0.1) is 18.9 Å². The van der Waals surface area contributed by atoms with Gasteiger partial charge in [0, 0.05) is 16.3 Å². The predicted octanol–water partition coefficient (Wildman–Crippen LogP) is 5.02. The third-order valence-electron chi connectivity index (χ3n) is 4.82. The van der Waals surface area contributed by atoms with E-state index in [4.69, 9.17) is 4.74 Å². The van der Waals surface area contributed by atoms with Crippen molar-refractivity contribution >= 4 is 29.0 Å². The van der Waals surface area contributed by atoms with Crippen LogP contribution >= 0.6 is 23.1 Å². The number of carbonyl (C=O) groups excluding carboxylic acids is 1. The molecular formula is C22H21NO2S2. The molecule has 0 bridgehead atoms. The van der Waals surface area contributed by atoms with Crippen LogP contribution in [0.1, 0.15) is 22.0 Å². The average Bonchev–Trinajstić information content (AvgIpc) is 3.21. The number of fused-ring (bicyclic) bond motifs is 1. The lowest BCUT2D eigenvalue weighted by Gasteiger charge is -2.36. The van der Waals surface area contributed by atoms with Crippen molar-refractivity contribution in [3.05, 3.63) is 82.0 Å². The SMILES string of the molecule is COc1ccc(C2c3ccsc3CCN2C(=O)CSc2ccccc2)cc1. The maximum Gasteiger partial charge on any atom is 0.233 e. The fourth-order valence-electron chi connectivity index (χ4n) is 3.48. The van der Waals surface area contributed by atoms with Gasteiger partial charge in [0.2, 0.25) is 5.91 Å². The molecule has 2 heterocycles. The van der Waals surface area contributed by atoms with Crippen LogP contribution in [0.15, 0.2) is 70.9 Å². The number of hydrogen-bond acceptors (Lipinski definition) is 4. The highest BCUT2D eigenvalue weighted by Crippen LogP contribution is 2.38. The van der Waals surface area contributed by atoms with E-state index < -0.39 is 0 Å². The molecule has 2 aromatic carbocycles. The van der Waals surface area contributed by atoms with Gasteiger partial charge in [0.25, 0.3) is 0 Å². The summed E-state index contributed by atoms with van der Waals surface area (Å²) in [5.74, 6) is 1.47. The molecule has 1 unspecified atom stereocenters. The topological polar surface area (TPSA) is 29.5 Å². The molecule has 3 aromatic rings. The summed E-state index contributed by atoms with van der Waals surface area (Å²) in [5, 5.41) is 2.13. The molecule has 1 aromatic heterocycles. The van der Waals surface area contributed by atoms with Gasteiger partial charge in [0.15, 0.2) is 0 Å². The normalized spacial score (nSPS) is 16.0. The number of methoxy groups -OCH3 is 1. The molecule has 1 aliphatic rings. The molecule has 0 spiro atoms. The molecule has 1 amide bonds. The highest BCUT2D eigenvalue weighted by molar-refractivity contribution is 8.00. The predicted molar refractivity (Wildman–Crippen MR) is 112 cm³/mol. The number of nitrogens with zero attached hydrogens (tertiary/aromatic N) is 1. The van der Waals surface area contributed by atoms with E-state index in [-0.39, 0.29) is 11.9 Å². The van der Waals surface area contributed by atoms with Crippen LogP contribution in [0.4, 0.5) is 0 Å². The Labute approximate surface area is 168 Å². The summed E-state index contributed by atoms with van der Waals surface area (Å²) in [4.78, 5) is 17.6. The van der Waals surface area contributed by atoms with Crippen molar-refractivity contribution in [3.8, 4) is 5.75 Å². The van der Waals surface area contributed by atoms with E-state index in [9.17, 15) is 4.79 Å². The van der Waals surface area contributed by atoms with Gasteiger partial charge in [-0.1, -0.05) is 30.3 Å². The van der Waals surface area contributed by atoms with Crippen LogP contribution in [0.5, 0.6) is 5.75 Å². The molecule has 0 N–H and O–H groups in total. The lowest BCUT2D eigenvalue weighted by atomic mass is 9.93. The summed E-state index contributed by atoms with van der Waals surface area (Å²) >= 11 is 3.39. The Morgan fingerprint density at radius 3 is 2.67 bits per heavy atom. The average molecular weight is 396 g/mol. The lowest BCUT2D eigenvalue weighted by molar-refractivity contribution is -0.130. The van der Waals surface area contributed by atoms with Gasteiger partial charge in [-0.25, -0.2) is 0 Å². The molecule has 138 valence electrons. The highest BCUT2D eigenvalue weighted by atomic mass is 32.2. The number of carbonyl (C=O) groups is 1. The van der Waals surface area contributed by atoms with E-state index in [0.717, 1.165) is 29.2 Å². The van der Waals surface area contributed by atoms with Crippen LogP contribution in [-0.4, -0.2) is 30.2 Å². The summed E-state index contributed by atoms with van der Waals surface area (Å²) in [6.07, 6.45) is 0.932. The van der Waals surface area contributed by atoms with Crippen LogP contribution in [0, 0.1) is 0 Å². The maximum atomic E-state index is 13.1. The summed E-state index contributed by atoms with van der Waals surface area (Å²) < 4.78 is 5.29. The van der Waals surface area contributed by atoms with Gasteiger partial charge in [-0.15, -0.1) is 23.1 Å². The summed E-state index contributed by atoms with van der Waals surface area (Å²) in [5.41, 5.74) is 2.39. The minimum atomic E-state index is -0.0187. The first-order valence-electron chi connectivity index (χ1n) is 8.94. The van der Waals surface area contributed by atoms with Crippen molar-refractivity contribution in [1.82, 2.24) is 4.90 Å². The van der Waals surface area contributed by atoms with Crippen molar-refractivity contribution in [2.75, 3.05) is 19.4 Å². The zero-order chi connectivity index (χ0) is 18.6. The molecule has 0 fully saturated rings. The molecule has 0 aliphatic carbocycles. The monoisotopic (exact) mass is 395 g/mol. The van der Waals surface area contributed by atoms with Crippen molar-refractivity contribution in [2.24, 2.45) is 0 Å². The summed E-state index contributed by atoms with van der Waals surface area (Å²) in [7, 11) is 1.67. The van der Waals surface area contributed by atoms with Crippen LogP contribution in [0.2, 0.25) is 0 Å². The Morgan fingerprint density at radius 2 is 1.93 bits per heavy atom. The lowest BCUT2D eigenvalue weighted by Crippen LogP contribution is -2.41. The third-order valence-corrected chi connectivity index (χ3v) is 6.82. The van der Waals surface area contributed by atoms with Gasteiger partial charge in [-0.05, 0) is 53.3 Å². The molecule has 3 nitrogen and oxygen atoms in total. The van der Waals surface area contributed by atoms with Gasteiger partial charge in [-0.2, -0.15) is 0 Å². The first-order valence-corrected chi connectivity index (χ1v) is 10.8. The minimum absolute atomic E-state index is 0.0187. The number of amides is 1. The number of thiophene rings is 1. The number of hydrogen-bond donors (Lipinski definition) is 0. The largest absolute Gasteiger partial charge is 0.497 e. The first kappa shape index (κ1) is 18.1. The molecule has 4 rings (SSSR count). The molecule has 27 heavy (non-hydrogen) atoms. The second-order valence-electron chi connectivity index (χ2n) is 6.41. The number of benzene rings is 2. The number of rotatable bonds is 5. The van der Waals surface area contributed by atoms with E-state index >= 15 is 0 Å². The fraction of sp³-hybridized carbons (Fsp3) is 0.227. The Hall–Kier alpha value is -2.24. The zero-order valence-electron chi connectivity index (χ0n) is 15.1. The molecule has 5 heteroatoms. The van der Waals surface area contributed by atoms with Gasteiger partial charge in [0.1, 0.15) is 5.75 Å². The van der Waals surface area contributed by atoms with E-state index in [1.54, 1.807) is 30.2 Å². The zero-order valence-corrected chi connectivity index (χ0v) is 16.8. The molecular weight excluding hydrogens is 374 g/mol. The molecule has 1 aliphatic heterocycles. The quantitative estimate of drug-likeness (QED) is 0.568. The van der Waals surface area contributed by atoms with Crippen LogP contribution in [0.3, 0.4) is 0 Å². The van der Waals surface area contributed by atoms with E-state index in [1.165, 1.54) is 10.4 Å². The Morgan fingerprint density at radius 1 is 1.15 bits per heavy atom. The molecule has 0 saturated heterocycles. The maximum absolute atomic E-state index is 13.1. The minimum Gasteiger partial charge on any atom is -0.497 e. The van der Waals surface area contributed by atoms with Crippen LogP contribution in [-0.2, 0) is 11.2 Å². The van der Waals surface area contributed by atoms with E-state index in [1.807, 2.05) is 47.4 Å². The fourth-order valence-corrected chi connectivity index (χ4v) is 5.18. The van der Waals surface area contributed by atoms with Gasteiger partial charge < -0.3 is 9.64 Å². The molecule has 1 atom stereocenters. The Kier molecular flexibility index (Phi) is 5.50. The van der Waals surface area contributed by atoms with Crippen molar-refractivity contribution in [2.45, 2.75) is 17.4 Å². The van der Waals surface area contributed by atoms with Crippen molar-refractivity contribution in [3.63, 3.8) is 0 Å². The Bertz CT molecular complexity index is 906. The number of thioether (sulfide) groups is 1. The van der Waals surface area contributed by atoms with E-state index in [0.29, 0.717) is 5.75 Å². The van der Waals surface area contributed by atoms with Crippen molar-refractivity contribution in [1.29, 1.82) is 0 Å². The first-order chi connectivity index (χ1) is 13.3. The molecule has 0 radical (unpaired) electrons. The Balaban J connectivity index is 1.59. The smallest absolute Gasteiger partial charge is 0.233 e. The highest BCUT2D eigenvalue weighted by Gasteiger charge is 2.32. The second kappa shape index (κ2) is 8.19. The van der Waals surface area contributed by atoms with Gasteiger partial charge in [-0.3, -0.25) is 4.79 Å². The van der Waals surface area contributed by atoms with Gasteiger partial charge >= 0.3 is 0 Å².